The highest BCUT2D eigenvalue weighted by Gasteiger charge is 2.38. The highest BCUT2D eigenvalue weighted by Crippen LogP contribution is 2.38. The molecular formula is C15H26N4. The molecule has 1 aromatic heterocycles. The van der Waals surface area contributed by atoms with Crippen LogP contribution in [0.4, 0.5) is 0 Å². The highest BCUT2D eigenvalue weighted by molar-refractivity contribution is 5.09. The van der Waals surface area contributed by atoms with Gasteiger partial charge in [-0.25, -0.2) is 4.98 Å². The van der Waals surface area contributed by atoms with Crippen LogP contribution >= 0.6 is 0 Å². The molecule has 0 amide bonds. The molecule has 3 unspecified atom stereocenters. The van der Waals surface area contributed by atoms with Gasteiger partial charge < -0.3 is 5.32 Å². The Morgan fingerprint density at radius 3 is 2.58 bits per heavy atom. The fourth-order valence-corrected chi connectivity index (χ4v) is 3.54. The summed E-state index contributed by atoms with van der Waals surface area (Å²) >= 11 is 0. The zero-order valence-electron chi connectivity index (χ0n) is 12.6. The summed E-state index contributed by atoms with van der Waals surface area (Å²) in [5, 5.41) is 8.40. The van der Waals surface area contributed by atoms with Gasteiger partial charge in [0.05, 0.1) is 6.04 Å². The summed E-state index contributed by atoms with van der Waals surface area (Å²) < 4.78 is 1.98. The summed E-state index contributed by atoms with van der Waals surface area (Å²) in [4.78, 5) is 4.81. The normalized spacial score (nSPS) is 31.5. The van der Waals surface area contributed by atoms with Crippen molar-refractivity contribution in [3.8, 4) is 0 Å². The third-order valence-electron chi connectivity index (χ3n) is 4.64. The molecule has 2 heterocycles. The highest BCUT2D eigenvalue weighted by atomic mass is 15.4. The summed E-state index contributed by atoms with van der Waals surface area (Å²) in [5.74, 6) is 2.94. The maximum absolute atomic E-state index is 4.81. The smallest absolute Gasteiger partial charge is 0.156 e. The van der Waals surface area contributed by atoms with Gasteiger partial charge in [0.1, 0.15) is 5.82 Å². The first-order chi connectivity index (χ1) is 8.95. The van der Waals surface area contributed by atoms with E-state index in [9.17, 15) is 0 Å². The summed E-state index contributed by atoms with van der Waals surface area (Å²) in [6.45, 7) is 6.52. The summed E-state index contributed by atoms with van der Waals surface area (Å²) in [7, 11) is 2.03. The van der Waals surface area contributed by atoms with Crippen LogP contribution in [0.1, 0.15) is 70.6 Å². The quantitative estimate of drug-likeness (QED) is 0.846. The zero-order valence-corrected chi connectivity index (χ0v) is 12.6. The third-order valence-corrected chi connectivity index (χ3v) is 4.64. The van der Waals surface area contributed by atoms with E-state index in [1.807, 2.05) is 11.7 Å². The Labute approximate surface area is 116 Å². The van der Waals surface area contributed by atoms with E-state index in [1.165, 1.54) is 32.1 Å². The van der Waals surface area contributed by atoms with E-state index in [0.29, 0.717) is 12.1 Å². The third kappa shape index (κ3) is 2.42. The lowest BCUT2D eigenvalue weighted by Gasteiger charge is -2.24. The zero-order chi connectivity index (χ0) is 13.6. The van der Waals surface area contributed by atoms with Crippen molar-refractivity contribution in [1.29, 1.82) is 0 Å². The van der Waals surface area contributed by atoms with Crippen LogP contribution in [0.3, 0.4) is 0 Å². The van der Waals surface area contributed by atoms with Crippen molar-refractivity contribution >= 4 is 0 Å². The molecule has 0 radical (unpaired) electrons. The molecule has 4 nitrogen and oxygen atoms in total. The van der Waals surface area contributed by atoms with E-state index in [1.54, 1.807) is 0 Å². The summed E-state index contributed by atoms with van der Waals surface area (Å²) in [6, 6.07) is 1.12. The molecule has 106 valence electrons. The first-order valence-electron chi connectivity index (χ1n) is 7.62. The summed E-state index contributed by atoms with van der Waals surface area (Å²) in [6.07, 6.45) is 6.75. The molecule has 2 aliphatic rings. The number of hydrogen-bond acceptors (Lipinski definition) is 3. The Morgan fingerprint density at radius 1 is 1.21 bits per heavy atom. The van der Waals surface area contributed by atoms with Crippen LogP contribution in [0, 0.1) is 5.92 Å². The standard InChI is InChI=1S/C15H26N4/c1-15(2,3)14-17-13(19(4)18-14)12-9-10-7-5-6-8-11(10)16-12/h10-12,16H,5-9H2,1-4H3. The van der Waals surface area contributed by atoms with Crippen LogP contribution in [0.5, 0.6) is 0 Å². The van der Waals surface area contributed by atoms with Gasteiger partial charge in [0.25, 0.3) is 0 Å². The average molecular weight is 262 g/mol. The van der Waals surface area contributed by atoms with E-state index in [2.05, 4.69) is 31.2 Å². The lowest BCUT2D eigenvalue weighted by atomic mass is 9.85. The van der Waals surface area contributed by atoms with Crippen molar-refractivity contribution in [3.63, 3.8) is 0 Å². The van der Waals surface area contributed by atoms with Crippen LogP contribution in [-0.4, -0.2) is 20.8 Å². The monoisotopic (exact) mass is 262 g/mol. The molecule has 1 aromatic rings. The molecular weight excluding hydrogens is 236 g/mol. The second-order valence-electron chi connectivity index (χ2n) is 7.27. The Balaban J connectivity index is 1.81. The molecule has 1 saturated carbocycles. The fraction of sp³-hybridized carbons (Fsp3) is 0.867. The van der Waals surface area contributed by atoms with Crippen molar-refractivity contribution in [2.24, 2.45) is 13.0 Å². The second-order valence-corrected chi connectivity index (χ2v) is 7.27. The molecule has 1 aliphatic carbocycles. The Morgan fingerprint density at radius 2 is 1.95 bits per heavy atom. The Bertz CT molecular complexity index is 443. The first kappa shape index (κ1) is 13.1. The number of aromatic nitrogens is 3. The molecule has 4 heteroatoms. The number of hydrogen-bond donors (Lipinski definition) is 1. The van der Waals surface area contributed by atoms with Gasteiger partial charge in [-0.05, 0) is 25.2 Å². The van der Waals surface area contributed by atoms with Crippen molar-refractivity contribution in [1.82, 2.24) is 20.1 Å². The minimum Gasteiger partial charge on any atom is -0.304 e. The van der Waals surface area contributed by atoms with E-state index >= 15 is 0 Å². The Kier molecular flexibility index (Phi) is 3.16. The largest absolute Gasteiger partial charge is 0.304 e. The minimum atomic E-state index is 0.0291. The van der Waals surface area contributed by atoms with E-state index in [4.69, 9.17) is 4.98 Å². The lowest BCUT2D eigenvalue weighted by molar-refractivity contribution is 0.325. The predicted molar refractivity (Wildman–Crippen MR) is 75.9 cm³/mol. The lowest BCUT2D eigenvalue weighted by Crippen LogP contribution is -2.31. The van der Waals surface area contributed by atoms with Crippen molar-refractivity contribution in [3.05, 3.63) is 11.6 Å². The van der Waals surface area contributed by atoms with Gasteiger partial charge in [-0.1, -0.05) is 33.6 Å². The number of rotatable bonds is 1. The van der Waals surface area contributed by atoms with Crippen molar-refractivity contribution < 1.29 is 0 Å². The van der Waals surface area contributed by atoms with Gasteiger partial charge in [-0.15, -0.1) is 0 Å². The van der Waals surface area contributed by atoms with E-state index < -0.39 is 0 Å². The van der Waals surface area contributed by atoms with Crippen LogP contribution in [0.25, 0.3) is 0 Å². The molecule has 19 heavy (non-hydrogen) atoms. The second kappa shape index (κ2) is 4.58. The first-order valence-corrected chi connectivity index (χ1v) is 7.62. The molecule has 0 bridgehead atoms. The number of nitrogens with zero attached hydrogens (tertiary/aromatic N) is 3. The van der Waals surface area contributed by atoms with Crippen LogP contribution < -0.4 is 5.32 Å². The van der Waals surface area contributed by atoms with E-state index in [0.717, 1.165) is 17.6 Å². The molecule has 2 fully saturated rings. The minimum absolute atomic E-state index is 0.0291. The van der Waals surface area contributed by atoms with Gasteiger partial charge in [0, 0.05) is 18.5 Å². The topological polar surface area (TPSA) is 42.7 Å². The number of fused-ring (bicyclic) bond motifs is 1. The fourth-order valence-electron chi connectivity index (χ4n) is 3.54. The maximum Gasteiger partial charge on any atom is 0.156 e. The molecule has 0 aromatic carbocycles. The number of nitrogens with one attached hydrogen (secondary N) is 1. The van der Waals surface area contributed by atoms with Gasteiger partial charge in [0.15, 0.2) is 5.82 Å². The van der Waals surface area contributed by atoms with Gasteiger partial charge in [0.2, 0.25) is 0 Å². The van der Waals surface area contributed by atoms with Gasteiger partial charge in [-0.2, -0.15) is 5.10 Å². The molecule has 0 spiro atoms. The van der Waals surface area contributed by atoms with Gasteiger partial charge >= 0.3 is 0 Å². The summed E-state index contributed by atoms with van der Waals surface area (Å²) in [5.41, 5.74) is 0.0291. The Hall–Kier alpha value is -0.900. The molecule has 1 saturated heterocycles. The molecule has 1 aliphatic heterocycles. The molecule has 3 atom stereocenters. The van der Waals surface area contributed by atoms with Crippen molar-refractivity contribution in [2.75, 3.05) is 0 Å². The molecule has 1 N–H and O–H groups in total. The van der Waals surface area contributed by atoms with Crippen molar-refractivity contribution in [2.45, 2.75) is 70.4 Å². The van der Waals surface area contributed by atoms with Crippen LogP contribution in [-0.2, 0) is 12.5 Å². The maximum atomic E-state index is 4.81. The van der Waals surface area contributed by atoms with Crippen LogP contribution in [0.15, 0.2) is 0 Å². The SMILES string of the molecule is Cn1nc(C(C)(C)C)nc1C1CC2CCCCC2N1. The number of aryl methyl sites for hydroxylation is 1. The van der Waals surface area contributed by atoms with Gasteiger partial charge in [-0.3, -0.25) is 4.68 Å². The molecule has 3 rings (SSSR count). The van der Waals surface area contributed by atoms with Crippen LogP contribution in [0.2, 0.25) is 0 Å². The van der Waals surface area contributed by atoms with E-state index in [-0.39, 0.29) is 5.41 Å². The average Bonchev–Trinajstić information content (AvgIpc) is 2.90. The predicted octanol–water partition coefficient (Wildman–Crippen LogP) is 2.71.